The van der Waals surface area contributed by atoms with Crippen LogP contribution in [0.3, 0.4) is 0 Å². The van der Waals surface area contributed by atoms with E-state index in [0.29, 0.717) is 18.1 Å². The van der Waals surface area contributed by atoms with Crippen LogP contribution in [0.4, 0.5) is 5.69 Å². The zero-order valence-corrected chi connectivity index (χ0v) is 15.5. The van der Waals surface area contributed by atoms with Gasteiger partial charge < -0.3 is 19.6 Å². The monoisotopic (exact) mass is 356 g/mol. The van der Waals surface area contributed by atoms with E-state index in [-0.39, 0.29) is 12.5 Å². The molecule has 0 radical (unpaired) electrons. The van der Waals surface area contributed by atoms with Gasteiger partial charge in [-0.25, -0.2) is 0 Å². The van der Waals surface area contributed by atoms with E-state index in [1.54, 1.807) is 19.2 Å². The Labute approximate surface area is 153 Å². The van der Waals surface area contributed by atoms with Gasteiger partial charge in [0.2, 0.25) is 0 Å². The zero-order chi connectivity index (χ0) is 18.9. The summed E-state index contributed by atoms with van der Waals surface area (Å²) in [6, 6.07) is 11.2. The molecule has 0 aliphatic rings. The van der Waals surface area contributed by atoms with Crippen LogP contribution in [-0.4, -0.2) is 32.4 Å². The average molecular weight is 356 g/mol. The van der Waals surface area contributed by atoms with E-state index in [2.05, 4.69) is 10.5 Å². The van der Waals surface area contributed by atoms with Crippen molar-refractivity contribution in [2.24, 2.45) is 5.16 Å². The van der Waals surface area contributed by atoms with Crippen molar-refractivity contribution in [3.05, 3.63) is 53.1 Å². The molecule has 0 saturated carbocycles. The summed E-state index contributed by atoms with van der Waals surface area (Å²) in [6.45, 7) is 6.32. The summed E-state index contributed by atoms with van der Waals surface area (Å²) in [5.74, 6) is 1.01. The number of nitrogens with zero attached hydrogens (tertiary/aromatic N) is 1. The number of hydrogen-bond donors (Lipinski definition) is 1. The highest BCUT2D eigenvalue weighted by atomic mass is 16.6. The molecular formula is C20H24N2O4. The average Bonchev–Trinajstić information content (AvgIpc) is 2.63. The molecule has 0 fully saturated rings. The summed E-state index contributed by atoms with van der Waals surface area (Å²) in [6.07, 6.45) is 1.52. The van der Waals surface area contributed by atoms with Crippen LogP contribution in [0, 0.1) is 13.8 Å². The number of anilines is 1. The lowest BCUT2D eigenvalue weighted by Gasteiger charge is -2.09. The van der Waals surface area contributed by atoms with Gasteiger partial charge in [0.25, 0.3) is 5.91 Å². The summed E-state index contributed by atoms with van der Waals surface area (Å²) in [5, 5.41) is 6.60. The number of carbonyl (C=O) groups excluding carboxylic acids is 1. The van der Waals surface area contributed by atoms with Gasteiger partial charge in [0.05, 0.1) is 19.9 Å². The van der Waals surface area contributed by atoms with Gasteiger partial charge in [0, 0.05) is 11.3 Å². The molecular weight excluding hydrogens is 332 g/mol. The standard InChI is InChI=1S/C20H24N2O4/c1-5-25-18-9-7-16(11-19(18)24-4)12-21-26-13-20(23)22-17-8-6-14(2)15(3)10-17/h6-12H,5,13H2,1-4H3,(H,22,23)/b21-12+. The van der Waals surface area contributed by atoms with Crippen molar-refractivity contribution in [3.8, 4) is 11.5 Å². The minimum absolute atomic E-state index is 0.169. The van der Waals surface area contributed by atoms with E-state index in [4.69, 9.17) is 14.3 Å². The maximum absolute atomic E-state index is 11.9. The van der Waals surface area contributed by atoms with E-state index < -0.39 is 0 Å². The van der Waals surface area contributed by atoms with Gasteiger partial charge in [0.15, 0.2) is 18.1 Å². The zero-order valence-electron chi connectivity index (χ0n) is 15.5. The summed E-state index contributed by atoms with van der Waals surface area (Å²) in [5.41, 5.74) is 3.81. The number of amides is 1. The molecule has 1 N–H and O–H groups in total. The minimum Gasteiger partial charge on any atom is -0.493 e. The molecule has 0 aromatic heterocycles. The maximum Gasteiger partial charge on any atom is 0.265 e. The van der Waals surface area contributed by atoms with Gasteiger partial charge >= 0.3 is 0 Å². The highest BCUT2D eigenvalue weighted by Gasteiger charge is 2.05. The first-order valence-electron chi connectivity index (χ1n) is 8.36. The van der Waals surface area contributed by atoms with E-state index >= 15 is 0 Å². The summed E-state index contributed by atoms with van der Waals surface area (Å²) >= 11 is 0. The molecule has 1 amide bonds. The second-order valence-corrected chi connectivity index (χ2v) is 5.70. The topological polar surface area (TPSA) is 69.2 Å². The normalized spacial score (nSPS) is 10.6. The second kappa shape index (κ2) is 9.46. The van der Waals surface area contributed by atoms with Crippen molar-refractivity contribution < 1.29 is 19.1 Å². The lowest BCUT2D eigenvalue weighted by atomic mass is 10.1. The molecule has 0 unspecified atom stereocenters. The number of ether oxygens (including phenoxy) is 2. The molecule has 2 rings (SSSR count). The number of oxime groups is 1. The van der Waals surface area contributed by atoms with E-state index in [1.165, 1.54) is 11.8 Å². The Morgan fingerprint density at radius 3 is 2.62 bits per heavy atom. The largest absolute Gasteiger partial charge is 0.493 e. The predicted molar refractivity (Wildman–Crippen MR) is 102 cm³/mol. The first-order valence-corrected chi connectivity index (χ1v) is 8.36. The van der Waals surface area contributed by atoms with Crippen molar-refractivity contribution >= 4 is 17.8 Å². The van der Waals surface area contributed by atoms with Crippen molar-refractivity contribution in [2.45, 2.75) is 20.8 Å². The fourth-order valence-corrected chi connectivity index (χ4v) is 2.25. The Morgan fingerprint density at radius 2 is 1.92 bits per heavy atom. The predicted octanol–water partition coefficient (Wildman–Crippen LogP) is 3.70. The first kappa shape index (κ1) is 19.3. The molecule has 6 heteroatoms. The Balaban J connectivity index is 1.86. The van der Waals surface area contributed by atoms with Crippen LogP contribution in [-0.2, 0) is 9.63 Å². The van der Waals surface area contributed by atoms with Crippen LogP contribution in [0.25, 0.3) is 0 Å². The van der Waals surface area contributed by atoms with E-state index in [0.717, 1.165) is 16.8 Å². The Bertz CT molecular complexity index is 787. The fourth-order valence-electron chi connectivity index (χ4n) is 2.25. The van der Waals surface area contributed by atoms with Crippen LogP contribution in [0.5, 0.6) is 11.5 Å². The third kappa shape index (κ3) is 5.51. The Morgan fingerprint density at radius 1 is 1.12 bits per heavy atom. The van der Waals surface area contributed by atoms with Gasteiger partial charge in [-0.1, -0.05) is 11.2 Å². The number of carbonyl (C=O) groups is 1. The summed E-state index contributed by atoms with van der Waals surface area (Å²) in [7, 11) is 1.58. The number of benzene rings is 2. The molecule has 0 heterocycles. The third-order valence-corrected chi connectivity index (χ3v) is 3.75. The van der Waals surface area contributed by atoms with Crippen molar-refractivity contribution in [1.82, 2.24) is 0 Å². The fraction of sp³-hybridized carbons (Fsp3) is 0.300. The SMILES string of the molecule is CCOc1ccc(/C=N/OCC(=O)Nc2ccc(C)c(C)c2)cc1OC. The molecule has 26 heavy (non-hydrogen) atoms. The van der Waals surface area contributed by atoms with Crippen LogP contribution in [0.2, 0.25) is 0 Å². The van der Waals surface area contributed by atoms with Gasteiger partial charge in [-0.05, 0) is 62.2 Å². The molecule has 0 spiro atoms. The molecule has 0 atom stereocenters. The summed E-state index contributed by atoms with van der Waals surface area (Å²) < 4.78 is 10.7. The van der Waals surface area contributed by atoms with Crippen LogP contribution < -0.4 is 14.8 Å². The summed E-state index contributed by atoms with van der Waals surface area (Å²) in [4.78, 5) is 17.0. The molecule has 0 bridgehead atoms. The quantitative estimate of drug-likeness (QED) is 0.578. The molecule has 0 aliphatic carbocycles. The number of nitrogens with one attached hydrogen (secondary N) is 1. The number of aryl methyl sites for hydroxylation is 2. The third-order valence-electron chi connectivity index (χ3n) is 3.75. The van der Waals surface area contributed by atoms with Gasteiger partial charge in [0.1, 0.15) is 0 Å². The van der Waals surface area contributed by atoms with Crippen LogP contribution >= 0.6 is 0 Å². The molecule has 0 saturated heterocycles. The van der Waals surface area contributed by atoms with Crippen molar-refractivity contribution in [3.63, 3.8) is 0 Å². The first-order chi connectivity index (χ1) is 12.5. The number of methoxy groups -OCH3 is 1. The Hall–Kier alpha value is -3.02. The number of hydrogen-bond acceptors (Lipinski definition) is 5. The maximum atomic E-state index is 11.9. The second-order valence-electron chi connectivity index (χ2n) is 5.70. The number of rotatable bonds is 8. The molecule has 2 aromatic carbocycles. The van der Waals surface area contributed by atoms with Gasteiger partial charge in [-0.3, -0.25) is 4.79 Å². The van der Waals surface area contributed by atoms with E-state index in [1.807, 2.05) is 45.0 Å². The van der Waals surface area contributed by atoms with Gasteiger partial charge in [-0.2, -0.15) is 0 Å². The minimum atomic E-state index is -0.269. The van der Waals surface area contributed by atoms with Gasteiger partial charge in [-0.15, -0.1) is 0 Å². The highest BCUT2D eigenvalue weighted by Crippen LogP contribution is 2.27. The van der Waals surface area contributed by atoms with E-state index in [9.17, 15) is 4.79 Å². The van der Waals surface area contributed by atoms with Crippen LogP contribution in [0.1, 0.15) is 23.6 Å². The van der Waals surface area contributed by atoms with Crippen molar-refractivity contribution in [2.75, 3.05) is 25.6 Å². The Kier molecular flexibility index (Phi) is 7.02. The lowest BCUT2D eigenvalue weighted by molar-refractivity contribution is -0.120. The van der Waals surface area contributed by atoms with Crippen molar-refractivity contribution in [1.29, 1.82) is 0 Å². The lowest BCUT2D eigenvalue weighted by Crippen LogP contribution is -2.17. The van der Waals surface area contributed by atoms with Crippen LogP contribution in [0.15, 0.2) is 41.6 Å². The molecule has 0 aliphatic heterocycles. The molecule has 6 nitrogen and oxygen atoms in total. The molecule has 2 aromatic rings. The molecule has 138 valence electrons. The highest BCUT2D eigenvalue weighted by molar-refractivity contribution is 5.91. The smallest absolute Gasteiger partial charge is 0.265 e.